The molecule has 0 aliphatic heterocycles. The summed E-state index contributed by atoms with van der Waals surface area (Å²) in [6, 6.07) is 10.8. The predicted octanol–water partition coefficient (Wildman–Crippen LogP) is 3.17. The van der Waals surface area contributed by atoms with E-state index < -0.39 is 0 Å². The number of hydrogen-bond acceptors (Lipinski definition) is 3. The van der Waals surface area contributed by atoms with Gasteiger partial charge in [0.05, 0.1) is 12.8 Å². The number of carbonyl (C=O) groups excluding carboxylic acids is 1. The molecule has 104 valence electrons. The Kier molecular flexibility index (Phi) is 4.95. The van der Waals surface area contributed by atoms with Gasteiger partial charge in [0.1, 0.15) is 0 Å². The number of carbonyl (C=O) groups is 1. The zero-order valence-corrected chi connectivity index (χ0v) is 12.5. The minimum Gasteiger partial charge on any atom is -0.481 e. The summed E-state index contributed by atoms with van der Waals surface area (Å²) in [6.07, 6.45) is 1.64. The third kappa shape index (κ3) is 3.71. The van der Waals surface area contributed by atoms with E-state index in [9.17, 15) is 4.79 Å². The second kappa shape index (κ2) is 6.91. The van der Waals surface area contributed by atoms with Crippen LogP contribution in [-0.2, 0) is 6.54 Å². The molecule has 6 heteroatoms. The number of para-hydroxylation sites is 1. The third-order valence-corrected chi connectivity index (χ3v) is 3.30. The summed E-state index contributed by atoms with van der Waals surface area (Å²) in [4.78, 5) is 15.9. The molecule has 0 spiro atoms. The molecule has 0 fully saturated rings. The van der Waals surface area contributed by atoms with Gasteiger partial charge in [-0.2, -0.15) is 0 Å². The fourth-order valence-electron chi connectivity index (χ4n) is 1.65. The fraction of sp³-hybridized carbons (Fsp3) is 0.143. The van der Waals surface area contributed by atoms with E-state index in [1.807, 2.05) is 30.3 Å². The van der Waals surface area contributed by atoms with Crippen molar-refractivity contribution >= 4 is 27.6 Å². The second-order valence-electron chi connectivity index (χ2n) is 3.96. The molecule has 0 atom stereocenters. The zero-order valence-electron chi connectivity index (χ0n) is 10.9. The first-order chi connectivity index (χ1) is 9.70. The lowest BCUT2D eigenvalue weighted by molar-refractivity contribution is 0.251. The standard InChI is InChI=1S/C14H14BrN3O2/c1-20-13-10(5-4-8-16-13)9-17-14(19)18-12-7-3-2-6-11(12)15/h2-8H,9H2,1H3,(H2,17,18,19). The Morgan fingerprint density at radius 2 is 2.10 bits per heavy atom. The topological polar surface area (TPSA) is 63.2 Å². The molecule has 0 saturated carbocycles. The maximum atomic E-state index is 11.8. The van der Waals surface area contributed by atoms with E-state index in [1.54, 1.807) is 19.4 Å². The molecule has 20 heavy (non-hydrogen) atoms. The van der Waals surface area contributed by atoms with E-state index in [0.717, 1.165) is 10.0 Å². The summed E-state index contributed by atoms with van der Waals surface area (Å²) in [5.74, 6) is 0.508. The van der Waals surface area contributed by atoms with E-state index >= 15 is 0 Å². The molecular formula is C14H14BrN3O2. The van der Waals surface area contributed by atoms with Crippen molar-refractivity contribution in [1.29, 1.82) is 0 Å². The Morgan fingerprint density at radius 1 is 1.30 bits per heavy atom. The molecule has 0 aliphatic rings. The Hall–Kier alpha value is -2.08. The lowest BCUT2D eigenvalue weighted by Crippen LogP contribution is -2.28. The van der Waals surface area contributed by atoms with Crippen molar-refractivity contribution in [2.24, 2.45) is 0 Å². The van der Waals surface area contributed by atoms with E-state index in [4.69, 9.17) is 4.74 Å². The Morgan fingerprint density at radius 3 is 2.85 bits per heavy atom. The number of nitrogens with one attached hydrogen (secondary N) is 2. The number of rotatable bonds is 4. The maximum absolute atomic E-state index is 11.8. The number of anilines is 1. The summed E-state index contributed by atoms with van der Waals surface area (Å²) in [5, 5.41) is 5.52. The van der Waals surface area contributed by atoms with Crippen LogP contribution in [0.2, 0.25) is 0 Å². The highest BCUT2D eigenvalue weighted by atomic mass is 79.9. The van der Waals surface area contributed by atoms with Gasteiger partial charge in [-0.1, -0.05) is 18.2 Å². The summed E-state index contributed by atoms with van der Waals surface area (Å²) in [6.45, 7) is 0.341. The van der Waals surface area contributed by atoms with Gasteiger partial charge in [0.2, 0.25) is 5.88 Å². The maximum Gasteiger partial charge on any atom is 0.319 e. The number of pyridine rings is 1. The molecule has 2 amide bonds. The third-order valence-electron chi connectivity index (χ3n) is 2.60. The van der Waals surface area contributed by atoms with Crippen LogP contribution in [0.4, 0.5) is 10.5 Å². The summed E-state index contributed by atoms with van der Waals surface area (Å²) < 4.78 is 5.95. The molecule has 1 aromatic carbocycles. The number of urea groups is 1. The van der Waals surface area contributed by atoms with Crippen molar-refractivity contribution in [2.75, 3.05) is 12.4 Å². The smallest absolute Gasteiger partial charge is 0.319 e. The predicted molar refractivity (Wildman–Crippen MR) is 80.8 cm³/mol. The highest BCUT2D eigenvalue weighted by molar-refractivity contribution is 9.10. The van der Waals surface area contributed by atoms with Crippen LogP contribution in [0.5, 0.6) is 5.88 Å². The van der Waals surface area contributed by atoms with Crippen LogP contribution >= 0.6 is 15.9 Å². The van der Waals surface area contributed by atoms with Crippen molar-refractivity contribution in [3.8, 4) is 5.88 Å². The van der Waals surface area contributed by atoms with Crippen LogP contribution < -0.4 is 15.4 Å². The number of hydrogen-bond donors (Lipinski definition) is 2. The van der Waals surface area contributed by atoms with Gasteiger partial charge in [-0.3, -0.25) is 0 Å². The van der Waals surface area contributed by atoms with Crippen LogP contribution in [0.3, 0.4) is 0 Å². The van der Waals surface area contributed by atoms with E-state index in [-0.39, 0.29) is 6.03 Å². The van der Waals surface area contributed by atoms with Gasteiger partial charge in [-0.15, -0.1) is 0 Å². The average molecular weight is 336 g/mol. The Labute approximate surface area is 125 Å². The number of ether oxygens (including phenoxy) is 1. The van der Waals surface area contributed by atoms with Gasteiger partial charge >= 0.3 is 6.03 Å². The number of halogens is 1. The first-order valence-corrected chi connectivity index (χ1v) is 6.77. The van der Waals surface area contributed by atoms with E-state index in [1.165, 1.54) is 0 Å². The lowest BCUT2D eigenvalue weighted by Gasteiger charge is -2.10. The van der Waals surface area contributed by atoms with E-state index in [0.29, 0.717) is 18.1 Å². The highest BCUT2D eigenvalue weighted by Crippen LogP contribution is 2.21. The number of aromatic nitrogens is 1. The minimum absolute atomic E-state index is 0.289. The van der Waals surface area contributed by atoms with Gasteiger partial charge in [0.25, 0.3) is 0 Å². The normalized spacial score (nSPS) is 9.90. The molecule has 0 radical (unpaired) electrons. The molecule has 0 aliphatic carbocycles. The average Bonchev–Trinajstić information content (AvgIpc) is 2.48. The molecule has 0 saturated heterocycles. The second-order valence-corrected chi connectivity index (χ2v) is 4.81. The number of methoxy groups -OCH3 is 1. The monoisotopic (exact) mass is 335 g/mol. The van der Waals surface area contributed by atoms with Crippen LogP contribution in [-0.4, -0.2) is 18.1 Å². The van der Waals surface area contributed by atoms with Gasteiger partial charge < -0.3 is 15.4 Å². The minimum atomic E-state index is -0.289. The Balaban J connectivity index is 1.94. The number of benzene rings is 1. The molecule has 0 bridgehead atoms. The fourth-order valence-corrected chi connectivity index (χ4v) is 2.03. The molecular weight excluding hydrogens is 322 g/mol. The Bertz CT molecular complexity index is 604. The first kappa shape index (κ1) is 14.3. The molecule has 0 unspecified atom stereocenters. The van der Waals surface area contributed by atoms with Crippen LogP contribution in [0.1, 0.15) is 5.56 Å². The van der Waals surface area contributed by atoms with Gasteiger partial charge in [-0.05, 0) is 34.1 Å². The van der Waals surface area contributed by atoms with Gasteiger partial charge in [0.15, 0.2) is 0 Å². The largest absolute Gasteiger partial charge is 0.481 e. The number of amides is 2. The van der Waals surface area contributed by atoms with Crippen molar-refractivity contribution in [3.05, 3.63) is 52.6 Å². The van der Waals surface area contributed by atoms with E-state index in [2.05, 4.69) is 31.5 Å². The first-order valence-electron chi connectivity index (χ1n) is 5.98. The molecule has 2 rings (SSSR count). The quantitative estimate of drug-likeness (QED) is 0.901. The SMILES string of the molecule is COc1ncccc1CNC(=O)Nc1ccccc1Br. The molecule has 1 aromatic heterocycles. The molecule has 2 N–H and O–H groups in total. The van der Waals surface area contributed by atoms with Crippen LogP contribution in [0.15, 0.2) is 47.1 Å². The zero-order chi connectivity index (χ0) is 14.4. The van der Waals surface area contributed by atoms with Crippen molar-refractivity contribution in [3.63, 3.8) is 0 Å². The molecule has 1 heterocycles. The van der Waals surface area contributed by atoms with Crippen LogP contribution in [0.25, 0.3) is 0 Å². The summed E-state index contributed by atoms with van der Waals surface area (Å²) in [5.41, 5.74) is 1.53. The number of nitrogens with zero attached hydrogens (tertiary/aromatic N) is 1. The summed E-state index contributed by atoms with van der Waals surface area (Å²) >= 11 is 3.37. The van der Waals surface area contributed by atoms with Gasteiger partial charge in [-0.25, -0.2) is 9.78 Å². The van der Waals surface area contributed by atoms with Gasteiger partial charge in [0, 0.05) is 22.8 Å². The van der Waals surface area contributed by atoms with Crippen LogP contribution in [0, 0.1) is 0 Å². The molecule has 5 nitrogen and oxygen atoms in total. The summed E-state index contributed by atoms with van der Waals surface area (Å²) in [7, 11) is 1.55. The van der Waals surface area contributed by atoms with Crippen molar-refractivity contribution in [2.45, 2.75) is 6.54 Å². The highest BCUT2D eigenvalue weighted by Gasteiger charge is 2.07. The van der Waals surface area contributed by atoms with Crippen molar-refractivity contribution in [1.82, 2.24) is 10.3 Å². The molecule has 2 aromatic rings. The van der Waals surface area contributed by atoms with Crippen molar-refractivity contribution < 1.29 is 9.53 Å². The lowest BCUT2D eigenvalue weighted by atomic mass is 10.2.